The summed E-state index contributed by atoms with van der Waals surface area (Å²) in [5, 5.41) is 3.36. The zero-order valence-corrected chi connectivity index (χ0v) is 16.5. The number of nitrogens with one attached hydrogen (secondary N) is 1. The number of amides is 1. The second kappa shape index (κ2) is 6.93. The normalized spacial score (nSPS) is 14.1. The molecule has 26 heavy (non-hydrogen) atoms. The van der Waals surface area contributed by atoms with Crippen LogP contribution >= 0.6 is 11.6 Å². The Bertz CT molecular complexity index is 963. The van der Waals surface area contributed by atoms with Crippen molar-refractivity contribution in [2.75, 3.05) is 22.4 Å². The van der Waals surface area contributed by atoms with Gasteiger partial charge in [-0.2, -0.15) is 0 Å². The predicted molar refractivity (Wildman–Crippen MR) is 106 cm³/mol. The van der Waals surface area contributed by atoms with Crippen molar-refractivity contribution in [2.24, 2.45) is 0 Å². The molecule has 3 rings (SSSR count). The molecule has 0 spiro atoms. The molecule has 0 saturated heterocycles. The van der Waals surface area contributed by atoms with Crippen molar-refractivity contribution in [2.45, 2.75) is 26.7 Å². The van der Waals surface area contributed by atoms with Crippen molar-refractivity contribution in [1.29, 1.82) is 0 Å². The highest BCUT2D eigenvalue weighted by molar-refractivity contribution is 7.92. The highest BCUT2D eigenvalue weighted by Crippen LogP contribution is 2.31. The van der Waals surface area contributed by atoms with Gasteiger partial charge in [0, 0.05) is 12.1 Å². The summed E-state index contributed by atoms with van der Waals surface area (Å²) in [5.41, 5.74) is 4.51. The fraction of sp³-hybridized carbons (Fsp3) is 0.316. The summed E-state index contributed by atoms with van der Waals surface area (Å²) < 4.78 is 25.3. The molecule has 0 unspecified atom stereocenters. The molecule has 0 bridgehead atoms. The summed E-state index contributed by atoms with van der Waals surface area (Å²) in [4.78, 5) is 12.7. The summed E-state index contributed by atoms with van der Waals surface area (Å²) in [6.07, 6.45) is 2.67. The summed E-state index contributed by atoms with van der Waals surface area (Å²) >= 11 is 6.26. The molecule has 2 aromatic carbocycles. The van der Waals surface area contributed by atoms with E-state index in [1.807, 2.05) is 19.9 Å². The number of anilines is 2. The molecule has 1 aliphatic rings. The minimum Gasteiger partial charge on any atom is -0.320 e. The number of nitrogens with zero attached hydrogens (tertiary/aromatic N) is 1. The van der Waals surface area contributed by atoms with E-state index in [0.29, 0.717) is 28.5 Å². The van der Waals surface area contributed by atoms with Crippen LogP contribution in [0.1, 0.15) is 33.5 Å². The Kier molecular flexibility index (Phi) is 4.99. The minimum atomic E-state index is -3.32. The zero-order chi connectivity index (χ0) is 19.1. The standard InChI is InChI=1S/C19H21ClN2O3S/c1-12-9-13(2)18(16(20)10-12)21-19(23)15-6-7-17-14(11-15)5-4-8-22(17)26(3,24)25/h6-7,9-11H,4-5,8H2,1-3H3,(H,21,23). The van der Waals surface area contributed by atoms with E-state index in [-0.39, 0.29) is 5.91 Å². The average molecular weight is 393 g/mol. The van der Waals surface area contributed by atoms with Crippen LogP contribution in [0.15, 0.2) is 30.3 Å². The van der Waals surface area contributed by atoms with Crippen LogP contribution in [-0.2, 0) is 16.4 Å². The van der Waals surface area contributed by atoms with Crippen LogP contribution in [0.2, 0.25) is 5.02 Å². The van der Waals surface area contributed by atoms with Crippen LogP contribution in [0.4, 0.5) is 11.4 Å². The van der Waals surface area contributed by atoms with Gasteiger partial charge in [-0.3, -0.25) is 9.10 Å². The molecule has 138 valence electrons. The van der Waals surface area contributed by atoms with Gasteiger partial charge in [-0.1, -0.05) is 17.7 Å². The third kappa shape index (κ3) is 3.71. The molecule has 1 amide bonds. The van der Waals surface area contributed by atoms with Crippen molar-refractivity contribution in [3.8, 4) is 0 Å². The summed E-state index contributed by atoms with van der Waals surface area (Å²) in [6.45, 7) is 4.31. The first-order valence-corrected chi connectivity index (χ1v) is 10.6. The Morgan fingerprint density at radius 2 is 1.92 bits per heavy atom. The number of hydrogen-bond donors (Lipinski definition) is 1. The lowest BCUT2D eigenvalue weighted by Gasteiger charge is -2.29. The molecule has 0 aliphatic carbocycles. The first kappa shape index (κ1) is 18.7. The topological polar surface area (TPSA) is 66.5 Å². The van der Waals surface area contributed by atoms with E-state index < -0.39 is 10.0 Å². The second-order valence-corrected chi connectivity index (χ2v) is 8.99. The van der Waals surface area contributed by atoms with E-state index in [1.54, 1.807) is 24.3 Å². The number of rotatable bonds is 3. The molecule has 1 heterocycles. The van der Waals surface area contributed by atoms with Crippen LogP contribution in [0.25, 0.3) is 0 Å². The smallest absolute Gasteiger partial charge is 0.255 e. The van der Waals surface area contributed by atoms with Crippen LogP contribution in [0.3, 0.4) is 0 Å². The van der Waals surface area contributed by atoms with Crippen molar-refractivity contribution in [3.63, 3.8) is 0 Å². The van der Waals surface area contributed by atoms with E-state index >= 15 is 0 Å². The van der Waals surface area contributed by atoms with Gasteiger partial charge in [0.25, 0.3) is 5.91 Å². The van der Waals surface area contributed by atoms with Gasteiger partial charge in [-0.25, -0.2) is 8.42 Å². The summed E-state index contributed by atoms with van der Waals surface area (Å²) in [5.74, 6) is -0.266. The molecule has 2 aromatic rings. The summed E-state index contributed by atoms with van der Waals surface area (Å²) in [7, 11) is -3.32. The number of carbonyl (C=O) groups is 1. The van der Waals surface area contributed by atoms with E-state index in [9.17, 15) is 13.2 Å². The molecule has 1 aliphatic heterocycles. The van der Waals surface area contributed by atoms with Gasteiger partial charge in [0.15, 0.2) is 0 Å². The Hall–Kier alpha value is -2.05. The quantitative estimate of drug-likeness (QED) is 0.860. The number of hydrogen-bond acceptors (Lipinski definition) is 3. The Balaban J connectivity index is 1.91. The predicted octanol–water partition coefficient (Wildman–Crippen LogP) is 3.92. The molecule has 0 aromatic heterocycles. The average Bonchev–Trinajstić information content (AvgIpc) is 2.56. The molecule has 0 radical (unpaired) electrons. The highest BCUT2D eigenvalue weighted by Gasteiger charge is 2.24. The Morgan fingerprint density at radius 1 is 1.19 bits per heavy atom. The maximum atomic E-state index is 12.7. The van der Waals surface area contributed by atoms with Crippen molar-refractivity contribution < 1.29 is 13.2 Å². The van der Waals surface area contributed by atoms with E-state index in [0.717, 1.165) is 29.5 Å². The van der Waals surface area contributed by atoms with Gasteiger partial charge in [-0.05, 0) is 67.6 Å². The van der Waals surface area contributed by atoms with Crippen LogP contribution in [0.5, 0.6) is 0 Å². The zero-order valence-electron chi connectivity index (χ0n) is 15.0. The SMILES string of the molecule is Cc1cc(C)c(NC(=O)c2ccc3c(c2)CCCN3S(C)(=O)=O)c(Cl)c1. The fourth-order valence-corrected chi connectivity index (χ4v) is 4.67. The third-order valence-corrected chi connectivity index (χ3v) is 5.97. The molecule has 0 saturated carbocycles. The number of carbonyl (C=O) groups excluding carboxylic acids is 1. The van der Waals surface area contributed by atoms with Crippen molar-refractivity contribution in [1.82, 2.24) is 0 Å². The maximum Gasteiger partial charge on any atom is 0.255 e. The lowest BCUT2D eigenvalue weighted by Crippen LogP contribution is -2.34. The third-order valence-electron chi connectivity index (χ3n) is 4.49. The largest absolute Gasteiger partial charge is 0.320 e. The number of fused-ring (bicyclic) bond motifs is 1. The monoisotopic (exact) mass is 392 g/mol. The Labute approximate surface area is 159 Å². The number of sulfonamides is 1. The van der Waals surface area contributed by atoms with Gasteiger partial charge in [0.2, 0.25) is 10.0 Å². The number of halogens is 1. The van der Waals surface area contributed by atoms with E-state index in [2.05, 4.69) is 5.32 Å². The first-order chi connectivity index (χ1) is 12.2. The molecule has 7 heteroatoms. The van der Waals surface area contributed by atoms with Gasteiger partial charge >= 0.3 is 0 Å². The van der Waals surface area contributed by atoms with Crippen LogP contribution < -0.4 is 9.62 Å². The molecule has 0 atom stereocenters. The Morgan fingerprint density at radius 3 is 2.58 bits per heavy atom. The molecule has 1 N–H and O–H groups in total. The first-order valence-electron chi connectivity index (χ1n) is 8.35. The van der Waals surface area contributed by atoms with Gasteiger partial charge in [0.05, 0.1) is 22.7 Å². The lowest BCUT2D eigenvalue weighted by atomic mass is 10.0. The van der Waals surface area contributed by atoms with Crippen LogP contribution in [0, 0.1) is 13.8 Å². The number of aryl methyl sites for hydroxylation is 3. The minimum absolute atomic E-state index is 0.266. The fourth-order valence-electron chi connectivity index (χ4n) is 3.31. The molecule has 0 fully saturated rings. The molecular weight excluding hydrogens is 372 g/mol. The molecular formula is C19H21ClN2O3S. The lowest BCUT2D eigenvalue weighted by molar-refractivity contribution is 0.102. The molecule has 5 nitrogen and oxygen atoms in total. The van der Waals surface area contributed by atoms with Crippen molar-refractivity contribution in [3.05, 3.63) is 57.6 Å². The summed E-state index contributed by atoms with van der Waals surface area (Å²) in [6, 6.07) is 8.88. The van der Waals surface area contributed by atoms with Gasteiger partial charge < -0.3 is 5.32 Å². The van der Waals surface area contributed by atoms with Gasteiger partial charge in [-0.15, -0.1) is 0 Å². The van der Waals surface area contributed by atoms with Gasteiger partial charge in [0.1, 0.15) is 0 Å². The highest BCUT2D eigenvalue weighted by atomic mass is 35.5. The van der Waals surface area contributed by atoms with E-state index in [4.69, 9.17) is 11.6 Å². The number of benzene rings is 2. The van der Waals surface area contributed by atoms with Crippen molar-refractivity contribution >= 4 is 38.9 Å². The van der Waals surface area contributed by atoms with E-state index in [1.165, 1.54) is 10.6 Å². The maximum absolute atomic E-state index is 12.7. The van der Waals surface area contributed by atoms with Crippen LogP contribution in [-0.4, -0.2) is 27.1 Å². The second-order valence-electron chi connectivity index (χ2n) is 6.67.